The molecule has 1 aromatic heterocycles. The van der Waals surface area contributed by atoms with Gasteiger partial charge in [0.05, 0.1) is 23.3 Å². The van der Waals surface area contributed by atoms with Crippen molar-refractivity contribution in [2.75, 3.05) is 5.32 Å². The molecule has 0 radical (unpaired) electrons. The number of benzene rings is 2. The number of halogens is 1. The Morgan fingerprint density at radius 2 is 2.00 bits per heavy atom. The molecular weight excluding hydrogens is 253 g/mol. The van der Waals surface area contributed by atoms with E-state index in [4.69, 9.17) is 0 Å². The number of hydrogen-bond donors (Lipinski definition) is 1. The largest absolute Gasteiger partial charge is 0.375 e. The first kappa shape index (κ1) is 12.7. The standard InChI is InChI=1S/C16H16FN3/c1-11-7-8-13(12(17)9-11)18-10-16-19-14-5-3-4-6-15(14)20(16)2/h3-9,18H,10H2,1-2H3. The summed E-state index contributed by atoms with van der Waals surface area (Å²) in [5.74, 6) is 0.648. The van der Waals surface area contributed by atoms with Crippen LogP contribution in [0, 0.1) is 12.7 Å². The third-order valence-corrected chi connectivity index (χ3v) is 3.44. The molecule has 0 aliphatic heterocycles. The van der Waals surface area contributed by atoms with Gasteiger partial charge >= 0.3 is 0 Å². The van der Waals surface area contributed by atoms with Gasteiger partial charge in [-0.05, 0) is 36.8 Å². The summed E-state index contributed by atoms with van der Waals surface area (Å²) >= 11 is 0. The summed E-state index contributed by atoms with van der Waals surface area (Å²) in [6.45, 7) is 2.36. The number of anilines is 1. The minimum absolute atomic E-state index is 0.233. The smallest absolute Gasteiger partial charge is 0.146 e. The maximum absolute atomic E-state index is 13.8. The zero-order chi connectivity index (χ0) is 14.1. The van der Waals surface area contributed by atoms with Crippen molar-refractivity contribution in [2.45, 2.75) is 13.5 Å². The Balaban J connectivity index is 1.85. The van der Waals surface area contributed by atoms with Gasteiger partial charge in [-0.15, -0.1) is 0 Å². The predicted octanol–water partition coefficient (Wildman–Crippen LogP) is 3.63. The molecule has 3 rings (SSSR count). The number of aryl methyl sites for hydroxylation is 2. The second-order valence-corrected chi connectivity index (χ2v) is 4.91. The van der Waals surface area contributed by atoms with Crippen molar-refractivity contribution in [1.82, 2.24) is 9.55 Å². The summed E-state index contributed by atoms with van der Waals surface area (Å²) in [6, 6.07) is 13.1. The fourth-order valence-electron chi connectivity index (χ4n) is 2.29. The molecular formula is C16H16FN3. The van der Waals surface area contributed by atoms with Gasteiger partial charge in [-0.3, -0.25) is 0 Å². The van der Waals surface area contributed by atoms with Gasteiger partial charge in [0.15, 0.2) is 0 Å². The van der Waals surface area contributed by atoms with Gasteiger partial charge in [0, 0.05) is 7.05 Å². The fraction of sp³-hybridized carbons (Fsp3) is 0.188. The van der Waals surface area contributed by atoms with Gasteiger partial charge in [-0.25, -0.2) is 9.37 Å². The van der Waals surface area contributed by atoms with E-state index in [0.717, 1.165) is 22.4 Å². The summed E-state index contributed by atoms with van der Waals surface area (Å²) in [5, 5.41) is 3.10. The van der Waals surface area contributed by atoms with Crippen LogP contribution in [-0.4, -0.2) is 9.55 Å². The quantitative estimate of drug-likeness (QED) is 0.786. The van der Waals surface area contributed by atoms with E-state index in [9.17, 15) is 4.39 Å². The molecule has 0 atom stereocenters. The van der Waals surface area contributed by atoms with Gasteiger partial charge in [-0.2, -0.15) is 0 Å². The average Bonchev–Trinajstić information content (AvgIpc) is 2.75. The number of para-hydroxylation sites is 2. The van der Waals surface area contributed by atoms with Crippen molar-refractivity contribution in [3.8, 4) is 0 Å². The van der Waals surface area contributed by atoms with Crippen LogP contribution in [0.5, 0.6) is 0 Å². The molecule has 0 amide bonds. The number of imidazole rings is 1. The van der Waals surface area contributed by atoms with Crippen LogP contribution in [0.25, 0.3) is 11.0 Å². The number of fused-ring (bicyclic) bond motifs is 1. The minimum Gasteiger partial charge on any atom is -0.375 e. The van der Waals surface area contributed by atoms with Crippen LogP contribution in [-0.2, 0) is 13.6 Å². The van der Waals surface area contributed by atoms with Crippen molar-refractivity contribution in [3.63, 3.8) is 0 Å². The molecule has 102 valence electrons. The number of nitrogens with one attached hydrogen (secondary N) is 1. The van der Waals surface area contributed by atoms with E-state index in [2.05, 4.69) is 10.3 Å². The first-order valence-electron chi connectivity index (χ1n) is 6.55. The Labute approximate surface area is 117 Å². The number of aromatic nitrogens is 2. The molecule has 1 N–H and O–H groups in total. The van der Waals surface area contributed by atoms with Crippen molar-refractivity contribution in [2.24, 2.45) is 7.05 Å². The lowest BCUT2D eigenvalue weighted by Gasteiger charge is -2.08. The predicted molar refractivity (Wildman–Crippen MR) is 79.2 cm³/mol. The normalized spacial score (nSPS) is 10.9. The number of nitrogens with zero attached hydrogens (tertiary/aromatic N) is 2. The van der Waals surface area contributed by atoms with E-state index in [0.29, 0.717) is 12.2 Å². The maximum atomic E-state index is 13.8. The highest BCUT2D eigenvalue weighted by molar-refractivity contribution is 5.75. The monoisotopic (exact) mass is 269 g/mol. The second-order valence-electron chi connectivity index (χ2n) is 4.91. The summed E-state index contributed by atoms with van der Waals surface area (Å²) in [6.07, 6.45) is 0. The van der Waals surface area contributed by atoms with E-state index >= 15 is 0 Å². The molecule has 0 bridgehead atoms. The Morgan fingerprint density at radius 1 is 1.20 bits per heavy atom. The Kier molecular flexibility index (Phi) is 3.14. The highest BCUT2D eigenvalue weighted by Gasteiger charge is 2.08. The molecule has 20 heavy (non-hydrogen) atoms. The third kappa shape index (κ3) is 2.25. The van der Waals surface area contributed by atoms with E-state index in [1.54, 1.807) is 6.07 Å². The van der Waals surface area contributed by atoms with E-state index in [-0.39, 0.29) is 5.82 Å². The zero-order valence-corrected chi connectivity index (χ0v) is 11.5. The van der Waals surface area contributed by atoms with Gasteiger partial charge in [0.1, 0.15) is 11.6 Å². The second kappa shape index (κ2) is 4.96. The molecule has 0 aliphatic carbocycles. The molecule has 4 heteroatoms. The molecule has 0 saturated heterocycles. The summed E-state index contributed by atoms with van der Waals surface area (Å²) in [5.41, 5.74) is 3.45. The lowest BCUT2D eigenvalue weighted by atomic mass is 10.2. The van der Waals surface area contributed by atoms with Crippen LogP contribution < -0.4 is 5.32 Å². The first-order valence-corrected chi connectivity index (χ1v) is 6.55. The van der Waals surface area contributed by atoms with Gasteiger partial charge in [0.25, 0.3) is 0 Å². The third-order valence-electron chi connectivity index (χ3n) is 3.44. The molecule has 0 spiro atoms. The zero-order valence-electron chi connectivity index (χ0n) is 11.5. The topological polar surface area (TPSA) is 29.9 Å². The van der Waals surface area contributed by atoms with E-state index in [1.807, 2.05) is 48.9 Å². The van der Waals surface area contributed by atoms with Crippen LogP contribution >= 0.6 is 0 Å². The summed E-state index contributed by atoms with van der Waals surface area (Å²) in [4.78, 5) is 4.55. The highest BCUT2D eigenvalue weighted by Crippen LogP contribution is 2.18. The molecule has 3 aromatic rings. The van der Waals surface area contributed by atoms with Crippen molar-refractivity contribution in [1.29, 1.82) is 0 Å². The lowest BCUT2D eigenvalue weighted by molar-refractivity contribution is 0.628. The maximum Gasteiger partial charge on any atom is 0.146 e. The minimum atomic E-state index is -0.233. The molecule has 1 heterocycles. The van der Waals surface area contributed by atoms with Crippen molar-refractivity contribution < 1.29 is 4.39 Å². The van der Waals surface area contributed by atoms with Crippen LogP contribution in [0.1, 0.15) is 11.4 Å². The van der Waals surface area contributed by atoms with Crippen LogP contribution in [0.3, 0.4) is 0 Å². The SMILES string of the molecule is Cc1ccc(NCc2nc3ccccc3n2C)c(F)c1. The van der Waals surface area contributed by atoms with Crippen molar-refractivity contribution in [3.05, 3.63) is 59.7 Å². The van der Waals surface area contributed by atoms with Crippen LogP contribution in [0.4, 0.5) is 10.1 Å². The summed E-state index contributed by atoms with van der Waals surface area (Å²) < 4.78 is 15.8. The molecule has 3 nitrogen and oxygen atoms in total. The fourth-order valence-corrected chi connectivity index (χ4v) is 2.29. The Morgan fingerprint density at radius 3 is 2.75 bits per heavy atom. The van der Waals surface area contributed by atoms with Gasteiger partial charge in [0.2, 0.25) is 0 Å². The van der Waals surface area contributed by atoms with Crippen LogP contribution in [0.15, 0.2) is 42.5 Å². The average molecular weight is 269 g/mol. The molecule has 2 aromatic carbocycles. The highest BCUT2D eigenvalue weighted by atomic mass is 19.1. The van der Waals surface area contributed by atoms with Crippen molar-refractivity contribution >= 4 is 16.7 Å². The van der Waals surface area contributed by atoms with Gasteiger partial charge < -0.3 is 9.88 Å². The molecule has 0 aliphatic rings. The summed E-state index contributed by atoms with van der Waals surface area (Å²) in [7, 11) is 1.97. The molecule has 0 fully saturated rings. The lowest BCUT2D eigenvalue weighted by Crippen LogP contribution is -2.07. The Bertz CT molecular complexity index is 762. The number of rotatable bonds is 3. The molecule has 0 unspecified atom stereocenters. The Hall–Kier alpha value is -2.36. The van der Waals surface area contributed by atoms with Crippen LogP contribution in [0.2, 0.25) is 0 Å². The van der Waals surface area contributed by atoms with E-state index in [1.165, 1.54) is 6.07 Å². The first-order chi connectivity index (χ1) is 9.65. The van der Waals surface area contributed by atoms with E-state index < -0.39 is 0 Å². The van der Waals surface area contributed by atoms with Gasteiger partial charge in [-0.1, -0.05) is 18.2 Å². The number of hydrogen-bond acceptors (Lipinski definition) is 2. The molecule has 0 saturated carbocycles.